The predicted octanol–water partition coefficient (Wildman–Crippen LogP) is 5.10. The van der Waals surface area contributed by atoms with E-state index >= 15 is 0 Å². The normalized spacial score (nSPS) is 13.7. The Morgan fingerprint density at radius 2 is 1.93 bits per heavy atom. The number of urea groups is 1. The molecule has 2 amide bonds. The van der Waals surface area contributed by atoms with Crippen LogP contribution in [0.25, 0.3) is 0 Å². The summed E-state index contributed by atoms with van der Waals surface area (Å²) in [4.78, 5) is 26.9. The number of alkyl halides is 3. The number of Topliss-reactive ketones (excluding diaryl/α,β-unsaturated/α-hetero) is 1. The smallest absolute Gasteiger partial charge is 0.333 e. The van der Waals surface area contributed by atoms with Crippen molar-refractivity contribution in [1.29, 1.82) is 0 Å². The van der Waals surface area contributed by atoms with Crippen LogP contribution in [0.5, 0.6) is 0 Å². The summed E-state index contributed by atoms with van der Waals surface area (Å²) < 4.78 is 38.1. The molecule has 0 aromatic heterocycles. The number of hydrogen-bond acceptors (Lipinski definition) is 4. The lowest BCUT2D eigenvalue weighted by Gasteiger charge is -2.16. The minimum Gasteiger partial charge on any atom is -0.333 e. The summed E-state index contributed by atoms with van der Waals surface area (Å²) in [5.74, 6) is -0.253. The Balaban J connectivity index is 5.05. The van der Waals surface area contributed by atoms with E-state index in [9.17, 15) is 22.8 Å². The Labute approximate surface area is 182 Å². The van der Waals surface area contributed by atoms with E-state index in [1.807, 2.05) is 0 Å². The standard InChI is InChI=1S/C19H21Cl2F3N4O2/c1-3-17(29)14-28(27-12-5-4-8-16(21)9-10-20)18(30)26-11-6-7-15(13-25-2)19(22,23)24/h4-10,12-13H,2-3,11,14H2,1H3,(H,26,30)/b5-4+,7-6-,10-9+,15-13+,16-8+,27-12+. The number of carbonyl (C=O) groups excluding carboxylic acids is 2. The van der Waals surface area contributed by atoms with E-state index < -0.39 is 17.8 Å². The van der Waals surface area contributed by atoms with Crippen LogP contribution in [0.15, 0.2) is 68.9 Å². The van der Waals surface area contributed by atoms with Crippen molar-refractivity contribution >= 4 is 47.9 Å². The average molecular weight is 465 g/mol. The van der Waals surface area contributed by atoms with Gasteiger partial charge in [0.25, 0.3) is 0 Å². The highest BCUT2D eigenvalue weighted by Gasteiger charge is 2.31. The van der Waals surface area contributed by atoms with Gasteiger partial charge in [0.2, 0.25) is 0 Å². The molecule has 0 saturated carbocycles. The summed E-state index contributed by atoms with van der Waals surface area (Å²) >= 11 is 11.2. The van der Waals surface area contributed by atoms with Crippen LogP contribution >= 0.6 is 23.2 Å². The third-order valence-corrected chi connectivity index (χ3v) is 3.44. The molecule has 0 radical (unpaired) electrons. The molecule has 0 aliphatic rings. The molecule has 0 rings (SSSR count). The molecule has 0 aliphatic carbocycles. The van der Waals surface area contributed by atoms with Crippen LogP contribution in [0.2, 0.25) is 0 Å². The lowest BCUT2D eigenvalue weighted by atomic mass is 10.2. The van der Waals surface area contributed by atoms with Crippen molar-refractivity contribution in [3.8, 4) is 0 Å². The fourth-order valence-electron chi connectivity index (χ4n) is 1.61. The molecule has 0 fully saturated rings. The van der Waals surface area contributed by atoms with E-state index in [4.69, 9.17) is 23.2 Å². The summed E-state index contributed by atoms with van der Waals surface area (Å²) in [7, 11) is 0. The second kappa shape index (κ2) is 15.2. The lowest BCUT2D eigenvalue weighted by Crippen LogP contribution is -2.39. The molecule has 0 bridgehead atoms. The molecule has 30 heavy (non-hydrogen) atoms. The molecule has 0 saturated heterocycles. The van der Waals surface area contributed by atoms with Gasteiger partial charge in [0.05, 0.1) is 5.57 Å². The Morgan fingerprint density at radius 1 is 1.23 bits per heavy atom. The first kappa shape index (κ1) is 27.4. The second-order valence-corrected chi connectivity index (χ2v) is 5.99. The van der Waals surface area contributed by atoms with E-state index in [1.54, 1.807) is 6.92 Å². The number of nitrogens with zero attached hydrogens (tertiary/aromatic N) is 3. The van der Waals surface area contributed by atoms with Crippen molar-refractivity contribution in [3.63, 3.8) is 0 Å². The maximum atomic E-state index is 12.7. The topological polar surface area (TPSA) is 74.1 Å². The van der Waals surface area contributed by atoms with E-state index in [0.29, 0.717) is 11.2 Å². The van der Waals surface area contributed by atoms with Crippen molar-refractivity contribution in [3.05, 3.63) is 58.8 Å². The van der Waals surface area contributed by atoms with Gasteiger partial charge in [0.1, 0.15) is 6.54 Å². The van der Waals surface area contributed by atoms with E-state index in [1.165, 1.54) is 36.1 Å². The van der Waals surface area contributed by atoms with Crippen molar-refractivity contribution in [2.24, 2.45) is 10.1 Å². The molecule has 0 aromatic rings. The zero-order valence-electron chi connectivity index (χ0n) is 16.1. The molecule has 1 N–H and O–H groups in total. The number of rotatable bonds is 11. The predicted molar refractivity (Wildman–Crippen MR) is 115 cm³/mol. The number of carbonyl (C=O) groups is 2. The van der Waals surface area contributed by atoms with Crippen LogP contribution in [-0.4, -0.2) is 49.0 Å². The van der Waals surface area contributed by atoms with Gasteiger partial charge < -0.3 is 5.32 Å². The molecule has 0 aliphatic heterocycles. The number of ketones is 1. The Bertz CT molecular complexity index is 770. The van der Waals surface area contributed by atoms with Gasteiger partial charge in [0.15, 0.2) is 5.78 Å². The highest BCUT2D eigenvalue weighted by atomic mass is 35.5. The Hall–Kier alpha value is -2.65. The van der Waals surface area contributed by atoms with Crippen LogP contribution < -0.4 is 5.32 Å². The van der Waals surface area contributed by atoms with Crippen molar-refractivity contribution in [2.45, 2.75) is 19.5 Å². The van der Waals surface area contributed by atoms with Gasteiger partial charge >= 0.3 is 12.2 Å². The summed E-state index contributed by atoms with van der Waals surface area (Å²) in [6.45, 7) is 4.08. The Morgan fingerprint density at radius 3 is 2.50 bits per heavy atom. The van der Waals surface area contributed by atoms with E-state index in [2.05, 4.69) is 22.1 Å². The highest BCUT2D eigenvalue weighted by molar-refractivity contribution is 6.33. The molecule has 11 heteroatoms. The molecular weight excluding hydrogens is 444 g/mol. The third kappa shape index (κ3) is 12.7. The SMILES string of the molecule is C=N/C=C(\C=C/CNC(=O)N(CC(=O)CC)/N=C/C=C/C=C(Cl)\C=C\Cl)C(F)(F)F. The van der Waals surface area contributed by atoms with Gasteiger partial charge in [-0.3, -0.25) is 9.79 Å². The van der Waals surface area contributed by atoms with Gasteiger partial charge in [0, 0.05) is 35.9 Å². The largest absolute Gasteiger partial charge is 0.417 e. The van der Waals surface area contributed by atoms with Crippen molar-refractivity contribution < 1.29 is 22.8 Å². The highest BCUT2D eigenvalue weighted by Crippen LogP contribution is 2.26. The molecule has 6 nitrogen and oxygen atoms in total. The van der Waals surface area contributed by atoms with Gasteiger partial charge in [-0.1, -0.05) is 48.4 Å². The maximum Gasteiger partial charge on any atom is 0.417 e. The molecular formula is C19H21Cl2F3N4O2. The number of amides is 2. The number of aliphatic imine (C=N–C) groups is 1. The maximum absolute atomic E-state index is 12.7. The zero-order chi connectivity index (χ0) is 23.0. The average Bonchev–Trinajstić information content (AvgIpc) is 2.68. The zero-order valence-corrected chi connectivity index (χ0v) is 17.6. The molecule has 0 spiro atoms. The third-order valence-electron chi connectivity index (χ3n) is 3.06. The number of allylic oxidation sites excluding steroid dienone is 7. The number of hydrazone groups is 1. The van der Waals surface area contributed by atoms with Gasteiger partial charge in [-0.25, -0.2) is 9.80 Å². The van der Waals surface area contributed by atoms with Crippen LogP contribution in [0.1, 0.15) is 13.3 Å². The molecule has 164 valence electrons. The van der Waals surface area contributed by atoms with Crippen LogP contribution in [0.3, 0.4) is 0 Å². The quantitative estimate of drug-likeness (QED) is 0.262. The van der Waals surface area contributed by atoms with Gasteiger partial charge in [-0.15, -0.1) is 0 Å². The minimum absolute atomic E-state index is 0.187. The first-order valence-electron chi connectivity index (χ1n) is 8.45. The number of hydrogen-bond donors (Lipinski definition) is 1. The Kier molecular flexibility index (Phi) is 13.9. The number of halogens is 5. The summed E-state index contributed by atoms with van der Waals surface area (Å²) in [6.07, 6.45) is 5.20. The molecule has 0 unspecified atom stereocenters. The summed E-state index contributed by atoms with van der Waals surface area (Å²) in [5.41, 5.74) is 0.211. The molecule has 0 aromatic carbocycles. The second-order valence-electron chi connectivity index (χ2n) is 5.30. The first-order chi connectivity index (χ1) is 14.1. The minimum atomic E-state index is -4.60. The summed E-state index contributed by atoms with van der Waals surface area (Å²) in [5, 5.41) is 7.44. The fraction of sp³-hybridized carbons (Fsp3) is 0.263. The van der Waals surface area contributed by atoms with Crippen LogP contribution in [0.4, 0.5) is 18.0 Å². The fourth-order valence-corrected chi connectivity index (χ4v) is 1.94. The van der Waals surface area contributed by atoms with Crippen molar-refractivity contribution in [2.75, 3.05) is 13.1 Å². The van der Waals surface area contributed by atoms with Crippen LogP contribution in [-0.2, 0) is 4.79 Å². The molecule has 0 atom stereocenters. The summed E-state index contributed by atoms with van der Waals surface area (Å²) in [6, 6.07) is -0.760. The lowest BCUT2D eigenvalue weighted by molar-refractivity contribution is -0.119. The van der Waals surface area contributed by atoms with Crippen LogP contribution in [0, 0.1) is 0 Å². The van der Waals surface area contributed by atoms with Gasteiger partial charge in [-0.05, 0) is 24.9 Å². The van der Waals surface area contributed by atoms with E-state index in [0.717, 1.165) is 17.2 Å². The van der Waals surface area contributed by atoms with Gasteiger partial charge in [-0.2, -0.15) is 18.3 Å². The van der Waals surface area contributed by atoms with E-state index in [-0.39, 0.29) is 25.3 Å². The molecule has 0 heterocycles. The van der Waals surface area contributed by atoms with Crippen molar-refractivity contribution in [1.82, 2.24) is 10.3 Å². The first-order valence-corrected chi connectivity index (χ1v) is 9.27. The monoisotopic (exact) mass is 464 g/mol. The number of nitrogens with one attached hydrogen (secondary N) is 1.